The normalized spacial score (nSPS) is 11.6. The lowest BCUT2D eigenvalue weighted by Gasteiger charge is -2.10. The molecule has 10 aromatic rings. The zero-order chi connectivity index (χ0) is 33.0. The highest BCUT2D eigenvalue weighted by Crippen LogP contribution is 2.46. The van der Waals surface area contributed by atoms with E-state index in [1.807, 2.05) is 72.8 Å². The van der Waals surface area contributed by atoms with E-state index >= 15 is 0 Å². The molecule has 0 saturated heterocycles. The summed E-state index contributed by atoms with van der Waals surface area (Å²) in [6.07, 6.45) is 0. The van der Waals surface area contributed by atoms with E-state index < -0.39 is 0 Å². The van der Waals surface area contributed by atoms with Crippen molar-refractivity contribution in [1.82, 2.24) is 15.0 Å². The number of aromatic nitrogens is 3. The highest BCUT2D eigenvalue weighted by atomic mass is 32.1. The fourth-order valence-electron chi connectivity index (χ4n) is 7.05. The molecule has 3 heterocycles. The molecule has 4 nitrogen and oxygen atoms in total. The smallest absolute Gasteiger partial charge is 0.164 e. The monoisotopic (exact) mass is 657 g/mol. The molecule has 0 saturated carbocycles. The first-order valence-corrected chi connectivity index (χ1v) is 17.4. The summed E-state index contributed by atoms with van der Waals surface area (Å²) in [5.74, 6) is 1.96. The van der Waals surface area contributed by atoms with Crippen molar-refractivity contribution < 1.29 is 4.42 Å². The van der Waals surface area contributed by atoms with Gasteiger partial charge in [-0.1, -0.05) is 140 Å². The Hall–Kier alpha value is -6.43. The lowest BCUT2D eigenvalue weighted by Crippen LogP contribution is -2.00. The predicted octanol–water partition coefficient (Wildman–Crippen LogP) is 12.5. The minimum atomic E-state index is 0.652. The molecule has 0 spiro atoms. The number of fused-ring (bicyclic) bond motifs is 6. The van der Waals surface area contributed by atoms with Gasteiger partial charge in [0.1, 0.15) is 11.2 Å². The third kappa shape index (κ3) is 4.71. The van der Waals surface area contributed by atoms with Gasteiger partial charge in [0.25, 0.3) is 0 Å². The molecular formula is C45H27N3OS. The first-order chi connectivity index (χ1) is 24.8. The van der Waals surface area contributed by atoms with E-state index in [-0.39, 0.29) is 0 Å². The number of hydrogen-bond donors (Lipinski definition) is 0. The summed E-state index contributed by atoms with van der Waals surface area (Å²) < 4.78 is 8.90. The SMILES string of the molecule is c1ccc(-c2nc(-c3ccccc3)nc(-c3cccc4sc5c(-c6cc(-c7ccccc7)c7c(c6)oc6ccccc67)cccc5c34)n2)cc1. The van der Waals surface area contributed by atoms with Gasteiger partial charge in [0.05, 0.1) is 0 Å². The van der Waals surface area contributed by atoms with Crippen molar-refractivity contribution in [3.63, 3.8) is 0 Å². The van der Waals surface area contributed by atoms with Crippen LogP contribution in [-0.4, -0.2) is 15.0 Å². The van der Waals surface area contributed by atoms with Crippen LogP contribution in [0.1, 0.15) is 0 Å². The van der Waals surface area contributed by atoms with Crippen LogP contribution in [0.3, 0.4) is 0 Å². The second kappa shape index (κ2) is 11.6. The van der Waals surface area contributed by atoms with Crippen LogP contribution >= 0.6 is 11.3 Å². The fraction of sp³-hybridized carbons (Fsp3) is 0. The molecule has 0 N–H and O–H groups in total. The van der Waals surface area contributed by atoms with Gasteiger partial charge < -0.3 is 4.42 Å². The quantitative estimate of drug-likeness (QED) is 0.185. The molecule has 3 aromatic heterocycles. The van der Waals surface area contributed by atoms with Gasteiger partial charge in [-0.25, -0.2) is 15.0 Å². The van der Waals surface area contributed by atoms with E-state index in [9.17, 15) is 0 Å². The number of hydrogen-bond acceptors (Lipinski definition) is 5. The first-order valence-electron chi connectivity index (χ1n) is 16.6. The Morgan fingerprint density at radius 1 is 0.380 bits per heavy atom. The number of para-hydroxylation sites is 1. The Morgan fingerprint density at radius 3 is 1.68 bits per heavy atom. The van der Waals surface area contributed by atoms with E-state index in [1.165, 1.54) is 20.3 Å². The Kier molecular flexibility index (Phi) is 6.64. The third-order valence-electron chi connectivity index (χ3n) is 9.34. The van der Waals surface area contributed by atoms with Gasteiger partial charge in [-0.05, 0) is 46.5 Å². The maximum Gasteiger partial charge on any atom is 0.164 e. The van der Waals surface area contributed by atoms with Gasteiger partial charge in [-0.15, -0.1) is 11.3 Å². The van der Waals surface area contributed by atoms with Crippen LogP contribution in [0.4, 0.5) is 0 Å². The summed E-state index contributed by atoms with van der Waals surface area (Å²) in [7, 11) is 0. The summed E-state index contributed by atoms with van der Waals surface area (Å²) in [6.45, 7) is 0. The van der Waals surface area contributed by atoms with Crippen molar-refractivity contribution in [2.75, 3.05) is 0 Å². The third-order valence-corrected chi connectivity index (χ3v) is 10.5. The molecule has 0 aliphatic rings. The fourth-order valence-corrected chi connectivity index (χ4v) is 8.31. The molecule has 0 radical (unpaired) electrons. The summed E-state index contributed by atoms with van der Waals surface area (Å²) in [4.78, 5) is 15.1. The van der Waals surface area contributed by atoms with Gasteiger partial charge in [-0.2, -0.15) is 0 Å². The topological polar surface area (TPSA) is 51.8 Å². The first kappa shape index (κ1) is 28.6. The lowest BCUT2D eigenvalue weighted by molar-refractivity contribution is 0.669. The second-order valence-corrected chi connectivity index (χ2v) is 13.4. The van der Waals surface area contributed by atoms with Crippen LogP contribution < -0.4 is 0 Å². The van der Waals surface area contributed by atoms with Crippen LogP contribution in [0.2, 0.25) is 0 Å². The van der Waals surface area contributed by atoms with Crippen LogP contribution in [-0.2, 0) is 0 Å². The van der Waals surface area contributed by atoms with Gasteiger partial charge in [0.2, 0.25) is 0 Å². The molecule has 0 amide bonds. The zero-order valence-corrected chi connectivity index (χ0v) is 27.6. The maximum absolute atomic E-state index is 6.50. The van der Waals surface area contributed by atoms with Gasteiger partial charge in [0, 0.05) is 47.6 Å². The van der Waals surface area contributed by atoms with Crippen molar-refractivity contribution in [3.05, 3.63) is 164 Å². The maximum atomic E-state index is 6.50. The minimum Gasteiger partial charge on any atom is -0.456 e. The molecule has 0 bridgehead atoms. The molecule has 0 unspecified atom stereocenters. The number of furan rings is 1. The zero-order valence-electron chi connectivity index (χ0n) is 26.7. The average Bonchev–Trinajstić information content (AvgIpc) is 3.77. The van der Waals surface area contributed by atoms with Gasteiger partial charge in [-0.3, -0.25) is 0 Å². The van der Waals surface area contributed by atoms with Crippen molar-refractivity contribution in [2.45, 2.75) is 0 Å². The molecule has 10 rings (SSSR count). The Bertz CT molecular complexity index is 2800. The summed E-state index contributed by atoms with van der Waals surface area (Å²) in [6, 6.07) is 56.7. The van der Waals surface area contributed by atoms with E-state index in [4.69, 9.17) is 19.4 Å². The molecule has 7 aromatic carbocycles. The van der Waals surface area contributed by atoms with Gasteiger partial charge in [0.15, 0.2) is 17.5 Å². The van der Waals surface area contributed by atoms with Crippen LogP contribution in [0.5, 0.6) is 0 Å². The van der Waals surface area contributed by atoms with E-state index in [0.29, 0.717) is 17.5 Å². The molecule has 234 valence electrons. The standard InChI is InChI=1S/C45H27N3OS/c1-4-14-28(15-5-1)36-26-31(27-38-40(36)33-20-10-11-24-37(33)49-38)32-21-12-22-34-41-35(23-13-25-39(41)50-42(32)34)45-47-43(29-16-6-2-7-17-29)46-44(48-45)30-18-8-3-9-19-30/h1-27H. The Morgan fingerprint density at radius 2 is 0.960 bits per heavy atom. The highest BCUT2D eigenvalue weighted by Gasteiger charge is 2.20. The highest BCUT2D eigenvalue weighted by molar-refractivity contribution is 7.26. The minimum absolute atomic E-state index is 0.652. The predicted molar refractivity (Wildman–Crippen MR) is 207 cm³/mol. The van der Waals surface area contributed by atoms with Gasteiger partial charge >= 0.3 is 0 Å². The summed E-state index contributed by atoms with van der Waals surface area (Å²) in [5.41, 5.74) is 9.27. The molecule has 0 fully saturated rings. The second-order valence-electron chi connectivity index (χ2n) is 12.4. The Labute approximate surface area is 292 Å². The molecular weight excluding hydrogens is 631 g/mol. The lowest BCUT2D eigenvalue weighted by atomic mass is 9.93. The number of rotatable bonds is 5. The Balaban J connectivity index is 1.21. The van der Waals surface area contributed by atoms with Crippen LogP contribution in [0, 0.1) is 0 Å². The molecule has 5 heteroatoms. The largest absolute Gasteiger partial charge is 0.456 e. The molecule has 0 atom stereocenters. The number of benzene rings is 7. The van der Waals surface area contributed by atoms with Crippen molar-refractivity contribution >= 4 is 53.4 Å². The molecule has 0 aliphatic carbocycles. The number of nitrogens with zero attached hydrogens (tertiary/aromatic N) is 3. The molecule has 0 aliphatic heterocycles. The summed E-state index contributed by atoms with van der Waals surface area (Å²) in [5, 5.41) is 4.58. The van der Waals surface area contributed by atoms with E-state index in [2.05, 4.69) is 91.0 Å². The summed E-state index contributed by atoms with van der Waals surface area (Å²) >= 11 is 1.80. The number of thiophene rings is 1. The van der Waals surface area contributed by atoms with E-state index in [0.717, 1.165) is 60.7 Å². The molecule has 50 heavy (non-hydrogen) atoms. The van der Waals surface area contributed by atoms with Crippen molar-refractivity contribution in [1.29, 1.82) is 0 Å². The van der Waals surface area contributed by atoms with Crippen LogP contribution in [0.25, 0.3) is 98.5 Å². The van der Waals surface area contributed by atoms with E-state index in [1.54, 1.807) is 11.3 Å². The van der Waals surface area contributed by atoms with Crippen molar-refractivity contribution in [2.24, 2.45) is 0 Å². The van der Waals surface area contributed by atoms with Crippen LogP contribution in [0.15, 0.2) is 168 Å². The average molecular weight is 658 g/mol. The van der Waals surface area contributed by atoms with Crippen molar-refractivity contribution in [3.8, 4) is 56.4 Å².